The van der Waals surface area contributed by atoms with Gasteiger partial charge in [-0.3, -0.25) is 16.0 Å². The summed E-state index contributed by atoms with van der Waals surface area (Å²) >= 11 is 3.39. The summed E-state index contributed by atoms with van der Waals surface area (Å²) < 4.78 is 5.90. The normalized spacial score (nSPS) is 10.0. The van der Waals surface area contributed by atoms with Crippen LogP contribution in [0.3, 0.4) is 0 Å². The average Bonchev–Trinajstić information content (AvgIpc) is 2.48. The number of benzene rings is 2. The number of anilines is 3. The summed E-state index contributed by atoms with van der Waals surface area (Å²) in [5.74, 6) is 5.95. The topological polar surface area (TPSA) is 102 Å². The van der Waals surface area contributed by atoms with Crippen molar-refractivity contribution in [3.05, 3.63) is 51.0 Å². The van der Waals surface area contributed by atoms with Crippen LogP contribution in [0.5, 0.6) is 5.75 Å². The minimum Gasteiger partial charge on any atom is -0.497 e. The van der Waals surface area contributed by atoms with Crippen LogP contribution < -0.4 is 21.3 Å². The van der Waals surface area contributed by atoms with E-state index in [1.165, 1.54) is 6.07 Å². The maximum absolute atomic E-state index is 11.2. The lowest BCUT2D eigenvalue weighted by atomic mass is 10.2. The molecule has 2 aromatic carbocycles. The third-order valence-electron chi connectivity index (χ3n) is 2.82. The van der Waals surface area contributed by atoms with Crippen molar-refractivity contribution >= 4 is 38.7 Å². The zero-order chi connectivity index (χ0) is 15.4. The second kappa shape index (κ2) is 6.42. The van der Waals surface area contributed by atoms with Crippen molar-refractivity contribution in [1.29, 1.82) is 0 Å². The molecular weight excluding hydrogens is 340 g/mol. The van der Waals surface area contributed by atoms with Gasteiger partial charge in [-0.2, -0.15) is 0 Å². The van der Waals surface area contributed by atoms with Gasteiger partial charge in [0, 0.05) is 10.5 Å². The van der Waals surface area contributed by atoms with Crippen LogP contribution in [0, 0.1) is 10.1 Å². The number of nitro groups is 1. The maximum Gasteiger partial charge on any atom is 0.316 e. The molecule has 2 aromatic rings. The Hall–Kier alpha value is -2.32. The van der Waals surface area contributed by atoms with Crippen molar-refractivity contribution in [2.24, 2.45) is 5.84 Å². The van der Waals surface area contributed by atoms with Gasteiger partial charge in [-0.25, -0.2) is 0 Å². The summed E-state index contributed by atoms with van der Waals surface area (Å²) in [6.07, 6.45) is 0. The minimum absolute atomic E-state index is 0.130. The second-order valence-electron chi connectivity index (χ2n) is 4.07. The summed E-state index contributed by atoms with van der Waals surface area (Å²) in [5, 5.41) is 14.2. The van der Waals surface area contributed by atoms with E-state index in [4.69, 9.17) is 10.6 Å². The summed E-state index contributed by atoms with van der Waals surface area (Å²) in [4.78, 5) is 10.7. The summed E-state index contributed by atoms with van der Waals surface area (Å²) in [7, 11) is 1.55. The van der Waals surface area contributed by atoms with E-state index in [9.17, 15) is 10.1 Å². The lowest BCUT2D eigenvalue weighted by molar-refractivity contribution is -0.383. The van der Waals surface area contributed by atoms with Crippen molar-refractivity contribution in [1.82, 2.24) is 0 Å². The number of hydrogen-bond acceptors (Lipinski definition) is 6. The predicted molar refractivity (Wildman–Crippen MR) is 84.9 cm³/mol. The van der Waals surface area contributed by atoms with E-state index in [1.54, 1.807) is 37.4 Å². The van der Waals surface area contributed by atoms with E-state index in [0.717, 1.165) is 4.47 Å². The SMILES string of the molecule is COc1ccc(Br)c(Nc2cccc(NN)c2[N+](=O)[O-])c1. The molecule has 4 N–H and O–H groups in total. The fraction of sp³-hybridized carbons (Fsp3) is 0.0769. The molecule has 0 unspecified atom stereocenters. The van der Waals surface area contributed by atoms with Gasteiger partial charge in [0.2, 0.25) is 0 Å². The number of para-hydroxylation sites is 1. The Bertz CT molecular complexity index is 678. The van der Waals surface area contributed by atoms with Gasteiger partial charge in [-0.05, 0) is 40.2 Å². The molecule has 7 nitrogen and oxygen atoms in total. The fourth-order valence-electron chi connectivity index (χ4n) is 1.83. The van der Waals surface area contributed by atoms with Crippen LogP contribution in [-0.4, -0.2) is 12.0 Å². The molecule has 0 radical (unpaired) electrons. The molecular formula is C13H13BrN4O3. The smallest absolute Gasteiger partial charge is 0.316 e. The van der Waals surface area contributed by atoms with Gasteiger partial charge in [0.1, 0.15) is 17.1 Å². The first-order valence-electron chi connectivity index (χ1n) is 5.91. The van der Waals surface area contributed by atoms with Gasteiger partial charge < -0.3 is 15.5 Å². The molecule has 0 saturated heterocycles. The van der Waals surface area contributed by atoms with Gasteiger partial charge in [-0.15, -0.1) is 0 Å². The van der Waals surface area contributed by atoms with Crippen molar-refractivity contribution in [3.8, 4) is 5.75 Å². The quantitative estimate of drug-likeness (QED) is 0.433. The first-order valence-corrected chi connectivity index (χ1v) is 6.70. The van der Waals surface area contributed by atoms with Gasteiger partial charge in [0.25, 0.3) is 0 Å². The van der Waals surface area contributed by atoms with E-state index in [2.05, 4.69) is 26.7 Å². The lowest BCUT2D eigenvalue weighted by Crippen LogP contribution is -2.10. The van der Waals surface area contributed by atoms with E-state index < -0.39 is 4.92 Å². The second-order valence-corrected chi connectivity index (χ2v) is 4.93. The van der Waals surface area contributed by atoms with E-state index in [1.807, 2.05) is 0 Å². The van der Waals surface area contributed by atoms with Crippen LogP contribution in [0.15, 0.2) is 40.9 Å². The zero-order valence-corrected chi connectivity index (χ0v) is 12.7. The van der Waals surface area contributed by atoms with Crippen molar-refractivity contribution in [2.75, 3.05) is 17.9 Å². The van der Waals surface area contributed by atoms with E-state index in [-0.39, 0.29) is 11.4 Å². The summed E-state index contributed by atoms with van der Waals surface area (Å²) in [6, 6.07) is 10.1. The molecule has 0 bridgehead atoms. The number of nitrogen functional groups attached to an aromatic ring is 1. The maximum atomic E-state index is 11.2. The summed E-state index contributed by atoms with van der Waals surface area (Å²) in [5.41, 5.74) is 3.39. The Morgan fingerprint density at radius 3 is 2.57 bits per heavy atom. The number of hydrogen-bond donors (Lipinski definition) is 3. The molecule has 0 atom stereocenters. The molecule has 0 amide bonds. The Morgan fingerprint density at radius 1 is 1.24 bits per heavy atom. The van der Waals surface area contributed by atoms with Crippen LogP contribution in [0.1, 0.15) is 0 Å². The van der Waals surface area contributed by atoms with Crippen molar-refractivity contribution in [2.45, 2.75) is 0 Å². The zero-order valence-electron chi connectivity index (χ0n) is 11.1. The number of nitrogens with zero attached hydrogens (tertiary/aromatic N) is 1. The molecule has 0 aliphatic heterocycles. The molecule has 0 saturated carbocycles. The Morgan fingerprint density at radius 2 is 1.95 bits per heavy atom. The van der Waals surface area contributed by atoms with Crippen LogP contribution in [-0.2, 0) is 0 Å². The monoisotopic (exact) mass is 352 g/mol. The highest BCUT2D eigenvalue weighted by Gasteiger charge is 2.19. The van der Waals surface area contributed by atoms with Crippen molar-refractivity contribution < 1.29 is 9.66 Å². The first-order chi connectivity index (χ1) is 10.1. The third kappa shape index (κ3) is 3.23. The minimum atomic E-state index is -0.494. The number of nitrogens with one attached hydrogen (secondary N) is 2. The summed E-state index contributed by atoms with van der Waals surface area (Å²) in [6.45, 7) is 0. The molecule has 0 aliphatic rings. The average molecular weight is 353 g/mol. The van der Waals surface area contributed by atoms with Crippen molar-refractivity contribution in [3.63, 3.8) is 0 Å². The number of nitrogens with two attached hydrogens (primary N) is 1. The lowest BCUT2D eigenvalue weighted by Gasteiger charge is -2.12. The van der Waals surface area contributed by atoms with Crippen LogP contribution in [0.25, 0.3) is 0 Å². The number of nitro benzene ring substituents is 1. The number of halogens is 1. The standard InChI is InChI=1S/C13H13BrN4O3/c1-21-8-5-6-9(14)12(7-8)16-10-3-2-4-11(17-15)13(10)18(19)20/h2-7,16-17H,15H2,1H3. The molecule has 0 aliphatic carbocycles. The van der Waals surface area contributed by atoms with Gasteiger partial charge >= 0.3 is 5.69 Å². The Kier molecular flexibility index (Phi) is 4.61. The highest BCUT2D eigenvalue weighted by atomic mass is 79.9. The highest BCUT2D eigenvalue weighted by molar-refractivity contribution is 9.10. The first kappa shape index (κ1) is 15.1. The van der Waals surface area contributed by atoms with E-state index >= 15 is 0 Å². The molecule has 110 valence electrons. The van der Waals surface area contributed by atoms with Crippen LogP contribution in [0.4, 0.5) is 22.7 Å². The molecule has 0 fully saturated rings. The predicted octanol–water partition coefficient (Wildman–Crippen LogP) is 3.40. The molecule has 0 spiro atoms. The van der Waals surface area contributed by atoms with Gasteiger partial charge in [0.05, 0.1) is 17.7 Å². The molecule has 8 heteroatoms. The number of ether oxygens (including phenoxy) is 1. The molecule has 0 heterocycles. The molecule has 2 rings (SSSR count). The number of methoxy groups -OCH3 is 1. The van der Waals surface area contributed by atoms with Crippen LogP contribution in [0.2, 0.25) is 0 Å². The largest absolute Gasteiger partial charge is 0.497 e. The Balaban J connectivity index is 2.47. The van der Waals surface area contributed by atoms with Gasteiger partial charge in [-0.1, -0.05) is 6.07 Å². The number of rotatable bonds is 5. The third-order valence-corrected chi connectivity index (χ3v) is 3.51. The Labute approximate surface area is 129 Å². The van der Waals surface area contributed by atoms with E-state index in [0.29, 0.717) is 17.1 Å². The van der Waals surface area contributed by atoms with Gasteiger partial charge in [0.15, 0.2) is 0 Å². The molecule has 0 aromatic heterocycles. The number of hydrazine groups is 1. The molecule has 21 heavy (non-hydrogen) atoms. The van der Waals surface area contributed by atoms with Crippen LogP contribution >= 0.6 is 15.9 Å². The highest BCUT2D eigenvalue weighted by Crippen LogP contribution is 2.37. The fourth-order valence-corrected chi connectivity index (χ4v) is 2.18.